The number of cyclic esters (lactones) is 1. The van der Waals surface area contributed by atoms with E-state index < -0.39 is 17.4 Å². The highest BCUT2D eigenvalue weighted by Gasteiger charge is 2.43. The summed E-state index contributed by atoms with van der Waals surface area (Å²) in [6, 6.07) is 0. The molecule has 1 aliphatic heterocycles. The summed E-state index contributed by atoms with van der Waals surface area (Å²) in [7, 11) is 0. The van der Waals surface area contributed by atoms with Crippen molar-refractivity contribution in [2.24, 2.45) is 5.41 Å². The maximum absolute atomic E-state index is 12.0. The summed E-state index contributed by atoms with van der Waals surface area (Å²) in [5.41, 5.74) is -1.27. The van der Waals surface area contributed by atoms with Crippen molar-refractivity contribution in [2.75, 3.05) is 39.6 Å². The van der Waals surface area contributed by atoms with Gasteiger partial charge in [0.15, 0.2) is 5.41 Å². The monoisotopic (exact) mass is 274 g/mol. The van der Waals surface area contributed by atoms with Gasteiger partial charge in [0.2, 0.25) is 0 Å². The normalized spacial score (nSPS) is 26.7. The third-order valence-electron chi connectivity index (χ3n) is 2.97. The van der Waals surface area contributed by atoms with E-state index in [4.69, 9.17) is 18.9 Å². The Bertz CT molecular complexity index is 304. The molecule has 0 aliphatic carbocycles. The number of carbonyl (C=O) groups excluding carboxylic acids is 2. The fourth-order valence-corrected chi connectivity index (χ4v) is 1.78. The third kappa shape index (κ3) is 4.80. The molecule has 6 heteroatoms. The van der Waals surface area contributed by atoms with Crippen LogP contribution in [0.4, 0.5) is 0 Å². The lowest BCUT2D eigenvalue weighted by Gasteiger charge is -2.25. The van der Waals surface area contributed by atoms with E-state index in [0.29, 0.717) is 39.3 Å². The zero-order valence-corrected chi connectivity index (χ0v) is 11.6. The molecule has 0 amide bonds. The fourth-order valence-electron chi connectivity index (χ4n) is 1.78. The number of hydrogen-bond donors (Lipinski definition) is 0. The lowest BCUT2D eigenvalue weighted by Crippen LogP contribution is -2.40. The first kappa shape index (κ1) is 15.9. The highest BCUT2D eigenvalue weighted by molar-refractivity contribution is 5.99. The molecule has 1 heterocycles. The average molecular weight is 274 g/mol. The van der Waals surface area contributed by atoms with Crippen LogP contribution < -0.4 is 0 Å². The Balaban J connectivity index is 2.69. The summed E-state index contributed by atoms with van der Waals surface area (Å²) < 4.78 is 20.6. The Kier molecular flexibility index (Phi) is 6.80. The molecule has 110 valence electrons. The molecule has 1 unspecified atom stereocenters. The first-order valence-electron chi connectivity index (χ1n) is 6.61. The van der Waals surface area contributed by atoms with Crippen molar-refractivity contribution in [1.82, 2.24) is 0 Å². The molecule has 0 saturated carbocycles. The molecule has 0 N–H and O–H groups in total. The van der Waals surface area contributed by atoms with Crippen LogP contribution in [0, 0.1) is 5.41 Å². The minimum Gasteiger partial charge on any atom is -0.465 e. The minimum absolute atomic E-state index is 0.133. The Hall–Kier alpha value is -1.14. The average Bonchev–Trinajstić information content (AvgIpc) is 2.39. The Morgan fingerprint density at radius 2 is 1.84 bits per heavy atom. The predicted molar refractivity (Wildman–Crippen MR) is 66.6 cm³/mol. The molecular formula is C13H22O6. The molecule has 6 nitrogen and oxygen atoms in total. The van der Waals surface area contributed by atoms with Crippen molar-refractivity contribution in [3.63, 3.8) is 0 Å². The molecule has 1 aliphatic rings. The summed E-state index contributed by atoms with van der Waals surface area (Å²) in [5, 5.41) is 0. The van der Waals surface area contributed by atoms with E-state index >= 15 is 0 Å². The first-order chi connectivity index (χ1) is 9.11. The van der Waals surface area contributed by atoms with Crippen molar-refractivity contribution in [3.8, 4) is 0 Å². The number of carbonyl (C=O) groups is 2. The number of hydrogen-bond acceptors (Lipinski definition) is 6. The van der Waals surface area contributed by atoms with Gasteiger partial charge in [0, 0.05) is 6.61 Å². The molecule has 0 aromatic carbocycles. The third-order valence-corrected chi connectivity index (χ3v) is 2.97. The van der Waals surface area contributed by atoms with Gasteiger partial charge in [0.05, 0.1) is 26.4 Å². The number of ether oxygens (including phenoxy) is 4. The first-order valence-corrected chi connectivity index (χ1v) is 6.61. The predicted octanol–water partition coefficient (Wildman–Crippen LogP) is 0.926. The molecule has 0 aromatic rings. The van der Waals surface area contributed by atoms with Gasteiger partial charge >= 0.3 is 11.9 Å². The van der Waals surface area contributed by atoms with Crippen LogP contribution in [0.1, 0.15) is 26.7 Å². The zero-order chi connectivity index (χ0) is 14.1. The van der Waals surface area contributed by atoms with Gasteiger partial charge in [-0.3, -0.25) is 9.59 Å². The summed E-state index contributed by atoms with van der Waals surface area (Å²) in [6.07, 6.45) is 0.940. The van der Waals surface area contributed by atoms with Crippen molar-refractivity contribution >= 4 is 11.9 Å². The van der Waals surface area contributed by atoms with Crippen LogP contribution >= 0.6 is 0 Å². The lowest BCUT2D eigenvalue weighted by molar-refractivity contribution is -0.173. The maximum atomic E-state index is 12.0. The molecule has 0 spiro atoms. The zero-order valence-electron chi connectivity index (χ0n) is 11.6. The molecule has 1 atom stereocenters. The van der Waals surface area contributed by atoms with Crippen LogP contribution in [0.3, 0.4) is 0 Å². The number of rotatable bonds is 2. The second-order valence-electron chi connectivity index (χ2n) is 4.52. The quantitative estimate of drug-likeness (QED) is 0.551. The fraction of sp³-hybridized carbons (Fsp3) is 0.846. The van der Waals surface area contributed by atoms with E-state index in [2.05, 4.69) is 0 Å². The minimum atomic E-state index is -1.27. The summed E-state index contributed by atoms with van der Waals surface area (Å²) in [5.74, 6) is -1.10. The van der Waals surface area contributed by atoms with Crippen LogP contribution in [0.5, 0.6) is 0 Å². The van der Waals surface area contributed by atoms with Gasteiger partial charge in [0.25, 0.3) is 0 Å². The van der Waals surface area contributed by atoms with Gasteiger partial charge in [-0.1, -0.05) is 0 Å². The van der Waals surface area contributed by atoms with Crippen LogP contribution in [0.15, 0.2) is 0 Å². The summed E-state index contributed by atoms with van der Waals surface area (Å²) in [6.45, 7) is 5.39. The second kappa shape index (κ2) is 8.12. The standard InChI is InChI=1S/C13H22O6/c1-3-18-11(14)13(2)5-4-6-16-7-8-17-9-10-19-12(13)15/h3-10H2,1-2H3. The van der Waals surface area contributed by atoms with Crippen LogP contribution in [-0.2, 0) is 28.5 Å². The largest absolute Gasteiger partial charge is 0.465 e. The smallest absolute Gasteiger partial charge is 0.323 e. The molecule has 0 radical (unpaired) electrons. The molecule has 0 bridgehead atoms. The molecule has 1 rings (SSSR count). The highest BCUT2D eigenvalue weighted by Crippen LogP contribution is 2.27. The summed E-state index contributed by atoms with van der Waals surface area (Å²) in [4.78, 5) is 24.0. The molecule has 0 aromatic heterocycles. The van der Waals surface area contributed by atoms with Crippen molar-refractivity contribution in [2.45, 2.75) is 26.7 Å². The Labute approximate surface area is 113 Å². The second-order valence-corrected chi connectivity index (χ2v) is 4.52. The maximum Gasteiger partial charge on any atom is 0.323 e. The van der Waals surface area contributed by atoms with Crippen molar-refractivity contribution in [3.05, 3.63) is 0 Å². The topological polar surface area (TPSA) is 71.1 Å². The Morgan fingerprint density at radius 3 is 2.53 bits per heavy atom. The van der Waals surface area contributed by atoms with E-state index in [1.54, 1.807) is 13.8 Å². The van der Waals surface area contributed by atoms with Gasteiger partial charge in [-0.2, -0.15) is 0 Å². The van der Waals surface area contributed by atoms with E-state index in [9.17, 15) is 9.59 Å². The Morgan fingerprint density at radius 1 is 1.21 bits per heavy atom. The lowest BCUT2D eigenvalue weighted by atomic mass is 9.85. The molecular weight excluding hydrogens is 252 g/mol. The van der Waals surface area contributed by atoms with Gasteiger partial charge in [0.1, 0.15) is 6.61 Å². The van der Waals surface area contributed by atoms with Crippen LogP contribution in [-0.4, -0.2) is 51.6 Å². The van der Waals surface area contributed by atoms with E-state index in [1.165, 1.54) is 0 Å². The highest BCUT2D eigenvalue weighted by atomic mass is 16.6. The number of esters is 2. The van der Waals surface area contributed by atoms with Gasteiger partial charge in [-0.15, -0.1) is 0 Å². The van der Waals surface area contributed by atoms with Crippen LogP contribution in [0.2, 0.25) is 0 Å². The van der Waals surface area contributed by atoms with E-state index in [0.717, 1.165) is 0 Å². The molecule has 1 fully saturated rings. The van der Waals surface area contributed by atoms with Crippen molar-refractivity contribution in [1.29, 1.82) is 0 Å². The molecule has 1 saturated heterocycles. The van der Waals surface area contributed by atoms with E-state index in [1.807, 2.05) is 0 Å². The molecule has 19 heavy (non-hydrogen) atoms. The van der Waals surface area contributed by atoms with E-state index in [-0.39, 0.29) is 13.2 Å². The van der Waals surface area contributed by atoms with Gasteiger partial charge < -0.3 is 18.9 Å². The van der Waals surface area contributed by atoms with Gasteiger partial charge in [-0.05, 0) is 26.7 Å². The van der Waals surface area contributed by atoms with Gasteiger partial charge in [-0.25, -0.2) is 0 Å². The van der Waals surface area contributed by atoms with Crippen molar-refractivity contribution < 1.29 is 28.5 Å². The SMILES string of the molecule is CCOC(=O)C1(C)CCCOCCOCCOC1=O. The summed E-state index contributed by atoms with van der Waals surface area (Å²) >= 11 is 0. The van der Waals surface area contributed by atoms with Crippen LogP contribution in [0.25, 0.3) is 0 Å².